The molecule has 2 nitrogen and oxygen atoms in total. The molecule has 4 aromatic rings. The SMILES string of the molecule is CC(C)(C)c1cc2ccc3c(C=O)cc(C=O)c4ccc(c1)c2c34. The van der Waals surface area contributed by atoms with Crippen molar-refractivity contribution in [2.24, 2.45) is 0 Å². The molecule has 4 rings (SSSR count). The molecule has 0 atom stereocenters. The molecule has 0 amide bonds. The number of rotatable bonds is 2. The number of hydrogen-bond donors (Lipinski definition) is 0. The standard InChI is InChI=1S/C22H18O2/c1-22(2,3)17-9-13-4-6-18-15(11-23)8-16(12-24)19-7-5-14(10-17)20(13)21(18)19/h4-12H,1-3H3. The van der Waals surface area contributed by atoms with Gasteiger partial charge in [-0.05, 0) is 49.4 Å². The van der Waals surface area contributed by atoms with Gasteiger partial charge in [-0.1, -0.05) is 57.2 Å². The fourth-order valence-electron chi connectivity index (χ4n) is 3.60. The van der Waals surface area contributed by atoms with Crippen molar-refractivity contribution in [2.75, 3.05) is 0 Å². The zero-order chi connectivity index (χ0) is 17.1. The number of carbonyl (C=O) groups is 2. The summed E-state index contributed by atoms with van der Waals surface area (Å²) in [5.74, 6) is 0. The number of aldehydes is 2. The molecule has 4 aromatic carbocycles. The lowest BCUT2D eigenvalue weighted by molar-refractivity contribution is 0.112. The van der Waals surface area contributed by atoms with Crippen LogP contribution in [0.3, 0.4) is 0 Å². The minimum atomic E-state index is 0.0619. The van der Waals surface area contributed by atoms with Crippen molar-refractivity contribution in [2.45, 2.75) is 26.2 Å². The summed E-state index contributed by atoms with van der Waals surface area (Å²) in [6.45, 7) is 6.61. The Hall–Kier alpha value is -2.74. The molecule has 0 aromatic heterocycles. The third-order valence-electron chi connectivity index (χ3n) is 4.90. The maximum absolute atomic E-state index is 11.5. The quantitative estimate of drug-likeness (QED) is 0.361. The lowest BCUT2D eigenvalue weighted by atomic mass is 9.82. The summed E-state index contributed by atoms with van der Waals surface area (Å²) in [4.78, 5) is 23.0. The molecular weight excluding hydrogens is 296 g/mol. The Morgan fingerprint density at radius 2 is 1.21 bits per heavy atom. The van der Waals surface area contributed by atoms with Crippen LogP contribution in [0.5, 0.6) is 0 Å². The zero-order valence-corrected chi connectivity index (χ0v) is 14.0. The van der Waals surface area contributed by atoms with Gasteiger partial charge in [0.15, 0.2) is 12.6 Å². The average molecular weight is 314 g/mol. The van der Waals surface area contributed by atoms with Crippen molar-refractivity contribution in [3.05, 3.63) is 59.2 Å². The fourth-order valence-corrected chi connectivity index (χ4v) is 3.60. The molecule has 0 heterocycles. The van der Waals surface area contributed by atoms with Gasteiger partial charge in [0.2, 0.25) is 0 Å². The van der Waals surface area contributed by atoms with Gasteiger partial charge in [-0.2, -0.15) is 0 Å². The van der Waals surface area contributed by atoms with E-state index >= 15 is 0 Å². The van der Waals surface area contributed by atoms with Crippen LogP contribution in [0.1, 0.15) is 47.1 Å². The van der Waals surface area contributed by atoms with Gasteiger partial charge in [0.25, 0.3) is 0 Å². The Bertz CT molecular complexity index is 1040. The van der Waals surface area contributed by atoms with E-state index in [4.69, 9.17) is 0 Å². The first-order valence-corrected chi connectivity index (χ1v) is 8.10. The maximum Gasteiger partial charge on any atom is 0.150 e. The van der Waals surface area contributed by atoms with Crippen LogP contribution in [0, 0.1) is 0 Å². The third-order valence-corrected chi connectivity index (χ3v) is 4.90. The zero-order valence-electron chi connectivity index (χ0n) is 14.0. The summed E-state index contributed by atoms with van der Waals surface area (Å²) in [5, 5.41) is 6.26. The van der Waals surface area contributed by atoms with Gasteiger partial charge in [0, 0.05) is 11.1 Å². The second-order valence-corrected chi connectivity index (χ2v) is 7.44. The van der Waals surface area contributed by atoms with Crippen LogP contribution in [0.25, 0.3) is 32.3 Å². The molecule has 0 saturated heterocycles. The highest BCUT2D eigenvalue weighted by atomic mass is 16.1. The molecule has 2 heteroatoms. The maximum atomic E-state index is 11.5. The summed E-state index contributed by atoms with van der Waals surface area (Å²) in [7, 11) is 0. The monoisotopic (exact) mass is 314 g/mol. The molecule has 0 spiro atoms. The van der Waals surface area contributed by atoms with Crippen LogP contribution < -0.4 is 0 Å². The van der Waals surface area contributed by atoms with Crippen molar-refractivity contribution in [3.8, 4) is 0 Å². The van der Waals surface area contributed by atoms with Crippen molar-refractivity contribution >= 4 is 44.9 Å². The Kier molecular flexibility index (Phi) is 3.01. The lowest BCUT2D eigenvalue weighted by Crippen LogP contribution is -2.10. The minimum Gasteiger partial charge on any atom is -0.298 e. The molecule has 0 aliphatic rings. The first kappa shape index (κ1) is 14.8. The van der Waals surface area contributed by atoms with Gasteiger partial charge in [-0.25, -0.2) is 0 Å². The van der Waals surface area contributed by atoms with Gasteiger partial charge in [-0.15, -0.1) is 0 Å². The molecule has 24 heavy (non-hydrogen) atoms. The van der Waals surface area contributed by atoms with E-state index in [1.165, 1.54) is 5.56 Å². The Balaban J connectivity index is 2.27. The van der Waals surface area contributed by atoms with Gasteiger partial charge in [0.05, 0.1) is 0 Å². The Labute approximate surface area is 140 Å². The topological polar surface area (TPSA) is 34.1 Å². The normalized spacial score (nSPS) is 12.3. The first-order chi connectivity index (χ1) is 11.4. The fraction of sp³-hybridized carbons (Fsp3) is 0.182. The Morgan fingerprint density at radius 1 is 0.708 bits per heavy atom. The van der Waals surface area contributed by atoms with Crippen molar-refractivity contribution in [1.29, 1.82) is 0 Å². The van der Waals surface area contributed by atoms with Crippen LogP contribution in [-0.2, 0) is 5.41 Å². The largest absolute Gasteiger partial charge is 0.298 e. The van der Waals surface area contributed by atoms with E-state index in [2.05, 4.69) is 45.0 Å². The van der Waals surface area contributed by atoms with Crippen LogP contribution in [-0.4, -0.2) is 12.6 Å². The van der Waals surface area contributed by atoms with Gasteiger partial charge < -0.3 is 0 Å². The molecule has 0 saturated carbocycles. The van der Waals surface area contributed by atoms with Gasteiger partial charge >= 0.3 is 0 Å². The minimum absolute atomic E-state index is 0.0619. The Morgan fingerprint density at radius 3 is 1.62 bits per heavy atom. The molecule has 0 aliphatic heterocycles. The molecule has 0 fully saturated rings. The van der Waals surface area contributed by atoms with Crippen LogP contribution >= 0.6 is 0 Å². The van der Waals surface area contributed by atoms with E-state index in [0.717, 1.165) is 44.9 Å². The third kappa shape index (κ3) is 1.96. The van der Waals surface area contributed by atoms with Crippen molar-refractivity contribution < 1.29 is 9.59 Å². The van der Waals surface area contributed by atoms with E-state index in [1.807, 2.05) is 12.1 Å². The highest BCUT2D eigenvalue weighted by molar-refractivity contribution is 6.27. The van der Waals surface area contributed by atoms with Gasteiger partial charge in [-0.3, -0.25) is 9.59 Å². The highest BCUT2D eigenvalue weighted by Crippen LogP contribution is 2.39. The number of carbonyl (C=O) groups excluding carboxylic acids is 2. The summed E-state index contributed by atoms with van der Waals surface area (Å²) < 4.78 is 0. The molecule has 0 N–H and O–H groups in total. The smallest absolute Gasteiger partial charge is 0.150 e. The predicted molar refractivity (Wildman–Crippen MR) is 99.6 cm³/mol. The van der Waals surface area contributed by atoms with E-state index in [-0.39, 0.29) is 5.41 Å². The lowest BCUT2D eigenvalue weighted by Gasteiger charge is -2.22. The summed E-state index contributed by atoms with van der Waals surface area (Å²) in [5.41, 5.74) is 2.48. The van der Waals surface area contributed by atoms with Crippen LogP contribution in [0.4, 0.5) is 0 Å². The summed E-state index contributed by atoms with van der Waals surface area (Å²) in [6.07, 6.45) is 1.67. The van der Waals surface area contributed by atoms with E-state index in [1.54, 1.807) is 6.07 Å². The first-order valence-electron chi connectivity index (χ1n) is 8.10. The highest BCUT2D eigenvalue weighted by Gasteiger charge is 2.18. The second kappa shape index (κ2) is 4.88. The molecule has 0 bridgehead atoms. The van der Waals surface area contributed by atoms with Gasteiger partial charge in [0.1, 0.15) is 0 Å². The average Bonchev–Trinajstić information content (AvgIpc) is 2.57. The van der Waals surface area contributed by atoms with Crippen molar-refractivity contribution in [1.82, 2.24) is 0 Å². The summed E-state index contributed by atoms with van der Waals surface area (Å²) in [6, 6.07) is 14.3. The molecule has 0 radical (unpaired) electrons. The van der Waals surface area contributed by atoms with E-state index in [0.29, 0.717) is 11.1 Å². The van der Waals surface area contributed by atoms with E-state index in [9.17, 15) is 9.59 Å². The predicted octanol–water partition coefficient (Wildman–Crippen LogP) is 5.51. The molecule has 0 unspecified atom stereocenters. The van der Waals surface area contributed by atoms with Crippen molar-refractivity contribution in [3.63, 3.8) is 0 Å². The number of benzene rings is 4. The molecular formula is C22H18O2. The summed E-state index contributed by atoms with van der Waals surface area (Å²) >= 11 is 0. The van der Waals surface area contributed by atoms with Crippen LogP contribution in [0.2, 0.25) is 0 Å². The molecule has 118 valence electrons. The van der Waals surface area contributed by atoms with E-state index < -0.39 is 0 Å². The van der Waals surface area contributed by atoms with Crippen LogP contribution in [0.15, 0.2) is 42.5 Å². The molecule has 0 aliphatic carbocycles. The number of hydrogen-bond acceptors (Lipinski definition) is 2. The second-order valence-electron chi connectivity index (χ2n) is 7.44.